The molecule has 5 heteroatoms. The first-order valence-corrected chi connectivity index (χ1v) is 6.62. The molecule has 0 saturated carbocycles. The van der Waals surface area contributed by atoms with Crippen LogP contribution >= 0.6 is 0 Å². The molecule has 0 radical (unpaired) electrons. The average Bonchev–Trinajstić information content (AvgIpc) is 2.43. The highest BCUT2D eigenvalue weighted by Gasteiger charge is 2.15. The minimum atomic E-state index is -0.355. The van der Waals surface area contributed by atoms with E-state index in [4.69, 9.17) is 11.1 Å². The van der Waals surface area contributed by atoms with Crippen LogP contribution in [-0.2, 0) is 0 Å². The van der Waals surface area contributed by atoms with E-state index >= 15 is 0 Å². The van der Waals surface area contributed by atoms with Gasteiger partial charge in [0.25, 0.3) is 0 Å². The Morgan fingerprint density at radius 3 is 2.80 bits per heavy atom. The quantitative estimate of drug-likeness (QED) is 0.571. The first-order chi connectivity index (χ1) is 9.50. The van der Waals surface area contributed by atoms with Gasteiger partial charge in [-0.3, -0.25) is 10.4 Å². The summed E-state index contributed by atoms with van der Waals surface area (Å²) in [7, 11) is 1.94. The molecule has 1 unspecified atom stereocenters. The summed E-state index contributed by atoms with van der Waals surface area (Å²) in [5.74, 6) is 0.00199. The fraction of sp³-hybridized carbons (Fsp3) is 0.333. The maximum atomic E-state index is 9.43. The number of para-hydroxylation sites is 1. The van der Waals surface area contributed by atoms with E-state index in [2.05, 4.69) is 4.98 Å². The lowest BCUT2D eigenvalue weighted by atomic mass is 10.1. The molecule has 2 aromatic rings. The Hall–Kier alpha value is -2.14. The summed E-state index contributed by atoms with van der Waals surface area (Å²) in [6.45, 7) is 2.45. The zero-order valence-electron chi connectivity index (χ0n) is 11.8. The molecule has 1 aromatic carbocycles. The van der Waals surface area contributed by atoms with Gasteiger partial charge in [0.05, 0.1) is 22.9 Å². The van der Waals surface area contributed by atoms with Crippen LogP contribution in [0.5, 0.6) is 0 Å². The molecule has 0 saturated heterocycles. The summed E-state index contributed by atoms with van der Waals surface area (Å²) in [4.78, 5) is 6.37. The monoisotopic (exact) mass is 272 g/mol. The highest BCUT2D eigenvalue weighted by atomic mass is 16.3. The van der Waals surface area contributed by atoms with Crippen molar-refractivity contribution < 1.29 is 5.11 Å². The normalized spacial score (nSPS) is 12.3. The fourth-order valence-corrected chi connectivity index (χ4v) is 2.23. The number of nitrogens with two attached hydrogens (primary N) is 1. The molecular formula is C15H20N4O. The molecular weight excluding hydrogens is 252 g/mol. The van der Waals surface area contributed by atoms with Gasteiger partial charge in [-0.25, -0.2) is 0 Å². The summed E-state index contributed by atoms with van der Waals surface area (Å²) < 4.78 is 0. The third-order valence-corrected chi connectivity index (χ3v) is 3.30. The van der Waals surface area contributed by atoms with E-state index in [1.165, 1.54) is 0 Å². The molecule has 0 spiro atoms. The maximum Gasteiger partial charge on any atom is 0.126 e. The van der Waals surface area contributed by atoms with E-state index in [1.54, 1.807) is 13.1 Å². The number of aromatic nitrogens is 1. The number of pyridine rings is 1. The van der Waals surface area contributed by atoms with Gasteiger partial charge >= 0.3 is 0 Å². The second kappa shape index (κ2) is 5.88. The predicted octanol–water partition coefficient (Wildman–Crippen LogP) is 1.73. The van der Waals surface area contributed by atoms with Crippen molar-refractivity contribution in [2.24, 2.45) is 5.73 Å². The number of anilines is 1. The van der Waals surface area contributed by atoms with Crippen LogP contribution < -0.4 is 10.6 Å². The summed E-state index contributed by atoms with van der Waals surface area (Å²) in [5, 5.41) is 18.1. The molecule has 0 fully saturated rings. The Labute approximate surface area is 118 Å². The number of nitrogens with zero attached hydrogens (tertiary/aromatic N) is 2. The Morgan fingerprint density at radius 2 is 2.15 bits per heavy atom. The number of fused-ring (bicyclic) bond motifs is 1. The average molecular weight is 272 g/mol. The molecule has 0 bridgehead atoms. The molecule has 0 aliphatic rings. The van der Waals surface area contributed by atoms with Crippen molar-refractivity contribution in [2.75, 3.05) is 18.5 Å². The Morgan fingerprint density at radius 1 is 1.45 bits per heavy atom. The number of nitrogens with one attached hydrogen (secondary N) is 1. The number of aliphatic hydroxyl groups is 1. The lowest BCUT2D eigenvalue weighted by Crippen LogP contribution is -2.25. The smallest absolute Gasteiger partial charge is 0.126 e. The Bertz CT molecular complexity index is 624. The summed E-state index contributed by atoms with van der Waals surface area (Å²) in [6.07, 6.45) is 1.94. The summed E-state index contributed by atoms with van der Waals surface area (Å²) in [5.41, 5.74) is 8.05. The van der Waals surface area contributed by atoms with Crippen LogP contribution in [0.1, 0.15) is 18.9 Å². The van der Waals surface area contributed by atoms with Crippen molar-refractivity contribution in [3.05, 3.63) is 36.0 Å². The first-order valence-electron chi connectivity index (χ1n) is 6.62. The van der Waals surface area contributed by atoms with Crippen LogP contribution in [-0.4, -0.2) is 35.6 Å². The Kier molecular flexibility index (Phi) is 4.20. The van der Waals surface area contributed by atoms with Crippen LogP contribution in [0.25, 0.3) is 10.9 Å². The lowest BCUT2D eigenvalue weighted by molar-refractivity contribution is 0.187. The molecule has 0 aliphatic carbocycles. The van der Waals surface area contributed by atoms with Gasteiger partial charge in [0.2, 0.25) is 0 Å². The molecule has 2 rings (SSSR count). The molecule has 0 aliphatic heterocycles. The fourth-order valence-electron chi connectivity index (χ4n) is 2.23. The van der Waals surface area contributed by atoms with Crippen molar-refractivity contribution in [2.45, 2.75) is 19.4 Å². The SMILES string of the molecule is CC(O)CCN(C)c1c(C(=N)N)cnc2ccccc12. The van der Waals surface area contributed by atoms with Gasteiger partial charge in [-0.2, -0.15) is 0 Å². The van der Waals surface area contributed by atoms with Crippen LogP contribution in [0.4, 0.5) is 5.69 Å². The van der Waals surface area contributed by atoms with E-state index in [1.807, 2.05) is 36.2 Å². The first kappa shape index (κ1) is 14.3. The highest BCUT2D eigenvalue weighted by Crippen LogP contribution is 2.28. The number of nitrogen functional groups attached to an aromatic ring is 1. The van der Waals surface area contributed by atoms with Crippen LogP contribution in [0.15, 0.2) is 30.5 Å². The predicted molar refractivity (Wildman–Crippen MR) is 82.3 cm³/mol. The molecule has 106 valence electrons. The number of benzene rings is 1. The molecule has 1 atom stereocenters. The second-order valence-corrected chi connectivity index (χ2v) is 5.01. The highest BCUT2D eigenvalue weighted by molar-refractivity contribution is 6.07. The van der Waals surface area contributed by atoms with Gasteiger partial charge in [-0.1, -0.05) is 18.2 Å². The van der Waals surface area contributed by atoms with Crippen LogP contribution in [0, 0.1) is 5.41 Å². The maximum absolute atomic E-state index is 9.43. The van der Waals surface area contributed by atoms with E-state index < -0.39 is 0 Å². The van der Waals surface area contributed by atoms with Gasteiger partial charge in [0.1, 0.15) is 5.84 Å². The van der Waals surface area contributed by atoms with Crippen molar-refractivity contribution >= 4 is 22.4 Å². The van der Waals surface area contributed by atoms with Gasteiger partial charge in [0.15, 0.2) is 0 Å². The zero-order valence-corrected chi connectivity index (χ0v) is 11.8. The molecule has 0 amide bonds. The number of aliphatic hydroxyl groups excluding tert-OH is 1. The van der Waals surface area contributed by atoms with Crippen LogP contribution in [0.2, 0.25) is 0 Å². The molecule has 1 heterocycles. The summed E-state index contributed by atoms with van der Waals surface area (Å²) in [6, 6.07) is 7.79. The van der Waals surface area contributed by atoms with E-state index in [-0.39, 0.29) is 11.9 Å². The number of rotatable bonds is 5. The van der Waals surface area contributed by atoms with E-state index in [9.17, 15) is 5.11 Å². The third kappa shape index (κ3) is 2.88. The number of hydrogen-bond acceptors (Lipinski definition) is 4. The van der Waals surface area contributed by atoms with Crippen molar-refractivity contribution in [1.29, 1.82) is 5.41 Å². The van der Waals surface area contributed by atoms with Crippen molar-refractivity contribution in [1.82, 2.24) is 4.98 Å². The van der Waals surface area contributed by atoms with E-state index in [0.717, 1.165) is 16.6 Å². The third-order valence-electron chi connectivity index (χ3n) is 3.30. The van der Waals surface area contributed by atoms with Gasteiger partial charge in [0, 0.05) is 25.2 Å². The second-order valence-electron chi connectivity index (χ2n) is 5.01. The minimum absolute atomic E-state index is 0.00199. The zero-order chi connectivity index (χ0) is 14.7. The molecule has 4 N–H and O–H groups in total. The minimum Gasteiger partial charge on any atom is -0.393 e. The topological polar surface area (TPSA) is 86.2 Å². The standard InChI is InChI=1S/C15H20N4O/c1-10(20)7-8-19(2)14-11-5-3-4-6-13(11)18-9-12(14)15(16)17/h3-6,9-10,20H,7-8H2,1-2H3,(H3,16,17). The largest absolute Gasteiger partial charge is 0.393 e. The van der Waals surface area contributed by atoms with Crippen molar-refractivity contribution in [3.8, 4) is 0 Å². The van der Waals surface area contributed by atoms with Gasteiger partial charge < -0.3 is 15.7 Å². The lowest BCUT2D eigenvalue weighted by Gasteiger charge is -2.24. The van der Waals surface area contributed by atoms with Gasteiger partial charge in [-0.05, 0) is 19.4 Å². The number of amidine groups is 1. The van der Waals surface area contributed by atoms with Crippen LogP contribution in [0.3, 0.4) is 0 Å². The molecule has 1 aromatic heterocycles. The van der Waals surface area contributed by atoms with E-state index in [0.29, 0.717) is 18.5 Å². The Balaban J connectivity index is 2.51. The summed E-state index contributed by atoms with van der Waals surface area (Å²) >= 11 is 0. The number of hydrogen-bond donors (Lipinski definition) is 3. The van der Waals surface area contributed by atoms with Crippen molar-refractivity contribution in [3.63, 3.8) is 0 Å². The van der Waals surface area contributed by atoms with Gasteiger partial charge in [-0.15, -0.1) is 0 Å². The molecule has 5 nitrogen and oxygen atoms in total. The molecule has 20 heavy (non-hydrogen) atoms.